The molecule has 0 saturated carbocycles. The van der Waals surface area contributed by atoms with Gasteiger partial charge in [0.15, 0.2) is 5.78 Å². The van der Waals surface area contributed by atoms with Crippen molar-refractivity contribution >= 4 is 5.78 Å². The Morgan fingerprint density at radius 1 is 1.28 bits per heavy atom. The quantitative estimate of drug-likeness (QED) is 0.762. The second-order valence-corrected chi connectivity index (χ2v) is 6.30. The third kappa shape index (κ3) is 1.40. The normalized spacial score (nSPS) is 29.2. The molecule has 2 aliphatic rings. The fourth-order valence-electron chi connectivity index (χ4n) is 3.24. The van der Waals surface area contributed by atoms with Crippen LogP contribution in [0.2, 0.25) is 0 Å². The van der Waals surface area contributed by atoms with E-state index in [0.29, 0.717) is 11.1 Å². The van der Waals surface area contributed by atoms with Gasteiger partial charge in [-0.05, 0) is 36.8 Å². The van der Waals surface area contributed by atoms with Gasteiger partial charge >= 0.3 is 0 Å². The van der Waals surface area contributed by atoms with Gasteiger partial charge < -0.3 is 5.11 Å². The van der Waals surface area contributed by atoms with Crippen LogP contribution in [0.3, 0.4) is 0 Å². The lowest BCUT2D eigenvalue weighted by Gasteiger charge is -2.32. The predicted molar refractivity (Wildman–Crippen MR) is 68.2 cm³/mol. The minimum atomic E-state index is -1.03. The van der Waals surface area contributed by atoms with Crippen LogP contribution in [0.5, 0.6) is 0 Å². The molecule has 1 aromatic heterocycles. The Morgan fingerprint density at radius 3 is 2.72 bits per heavy atom. The smallest absolute Gasteiger partial charge is 0.191 e. The van der Waals surface area contributed by atoms with Crippen LogP contribution in [0.1, 0.15) is 49.5 Å². The molecular weight excluding hydrogens is 226 g/mol. The van der Waals surface area contributed by atoms with Crippen molar-refractivity contribution in [2.45, 2.75) is 39.2 Å². The van der Waals surface area contributed by atoms with Gasteiger partial charge in [-0.25, -0.2) is 0 Å². The summed E-state index contributed by atoms with van der Waals surface area (Å²) in [7, 11) is 0. The van der Waals surface area contributed by atoms with E-state index >= 15 is 0 Å². The largest absolute Gasteiger partial charge is 0.381 e. The second-order valence-electron chi connectivity index (χ2n) is 6.30. The molecule has 0 aromatic carbocycles. The summed E-state index contributed by atoms with van der Waals surface area (Å²) in [5, 5.41) is 10.8. The van der Waals surface area contributed by atoms with Crippen LogP contribution in [0.4, 0.5) is 0 Å². The van der Waals surface area contributed by atoms with E-state index in [1.807, 2.05) is 0 Å². The molecule has 94 valence electrons. The maximum atomic E-state index is 12.5. The average Bonchev–Trinajstić information content (AvgIpc) is 2.64. The summed E-state index contributed by atoms with van der Waals surface area (Å²) in [6.07, 6.45) is 4.72. The first-order valence-electron chi connectivity index (χ1n) is 6.27. The van der Waals surface area contributed by atoms with Gasteiger partial charge in [0, 0.05) is 29.1 Å². The van der Waals surface area contributed by atoms with Crippen LogP contribution in [0, 0.1) is 5.41 Å². The molecule has 0 spiro atoms. The van der Waals surface area contributed by atoms with Crippen molar-refractivity contribution in [2.75, 3.05) is 0 Å². The third-order valence-electron chi connectivity index (χ3n) is 4.13. The van der Waals surface area contributed by atoms with Crippen molar-refractivity contribution in [1.82, 2.24) is 4.98 Å². The number of nitrogens with zero attached hydrogens (tertiary/aromatic N) is 1. The molecule has 0 bridgehead atoms. The lowest BCUT2D eigenvalue weighted by molar-refractivity contribution is 0.0810. The Morgan fingerprint density at radius 2 is 2.00 bits per heavy atom. The van der Waals surface area contributed by atoms with E-state index in [1.165, 1.54) is 0 Å². The minimum absolute atomic E-state index is 0.0465. The van der Waals surface area contributed by atoms with E-state index < -0.39 is 5.60 Å². The van der Waals surface area contributed by atoms with E-state index in [9.17, 15) is 9.90 Å². The molecule has 0 fully saturated rings. The Kier molecular flexibility index (Phi) is 2.12. The van der Waals surface area contributed by atoms with Gasteiger partial charge in [-0.3, -0.25) is 9.78 Å². The summed E-state index contributed by atoms with van der Waals surface area (Å²) < 4.78 is 0. The number of pyridine rings is 1. The van der Waals surface area contributed by atoms with Crippen LogP contribution < -0.4 is 0 Å². The number of carbonyl (C=O) groups excluding carboxylic acids is 1. The van der Waals surface area contributed by atoms with Gasteiger partial charge in [-0.2, -0.15) is 0 Å². The van der Waals surface area contributed by atoms with Gasteiger partial charge in [-0.15, -0.1) is 0 Å². The molecule has 1 heterocycles. The van der Waals surface area contributed by atoms with E-state index in [2.05, 4.69) is 18.8 Å². The fraction of sp³-hybridized carbons (Fsp3) is 0.467. The van der Waals surface area contributed by atoms with Crippen LogP contribution in [-0.2, 0) is 5.60 Å². The first-order chi connectivity index (χ1) is 8.33. The summed E-state index contributed by atoms with van der Waals surface area (Å²) in [4.78, 5) is 16.5. The highest BCUT2D eigenvalue weighted by Crippen LogP contribution is 2.52. The molecule has 1 aromatic rings. The summed E-state index contributed by atoms with van der Waals surface area (Å²) in [5.74, 6) is 0.0465. The predicted octanol–water partition coefficient (Wildman–Crippen LogP) is 2.60. The van der Waals surface area contributed by atoms with Crippen molar-refractivity contribution in [1.29, 1.82) is 0 Å². The molecule has 3 rings (SSSR count). The van der Waals surface area contributed by atoms with Crippen molar-refractivity contribution in [3.05, 3.63) is 40.7 Å². The zero-order valence-electron chi connectivity index (χ0n) is 10.9. The molecule has 1 atom stereocenters. The standard InChI is InChI=1S/C15H17NO2/c1-14(2)6-9-12(7-14)15(3,18)11-4-5-16-8-10(11)13(9)17/h4-5,8,18H,6-7H2,1-3H3. The molecule has 18 heavy (non-hydrogen) atoms. The number of aromatic nitrogens is 1. The lowest BCUT2D eigenvalue weighted by atomic mass is 9.76. The van der Waals surface area contributed by atoms with Crippen molar-refractivity contribution in [3.63, 3.8) is 0 Å². The van der Waals surface area contributed by atoms with Crippen LogP contribution in [0.15, 0.2) is 29.6 Å². The molecule has 0 radical (unpaired) electrons. The Bertz CT molecular complexity index is 582. The minimum Gasteiger partial charge on any atom is -0.381 e. The topological polar surface area (TPSA) is 50.2 Å². The number of Topliss-reactive ketones (excluding diaryl/α,β-unsaturated/α-hetero) is 1. The molecule has 1 N–H and O–H groups in total. The molecule has 0 aliphatic heterocycles. The van der Waals surface area contributed by atoms with E-state index in [1.54, 1.807) is 25.4 Å². The molecule has 1 unspecified atom stereocenters. The number of allylic oxidation sites excluding steroid dienone is 1. The third-order valence-corrected chi connectivity index (χ3v) is 4.13. The zero-order chi connectivity index (χ0) is 13.1. The number of hydrogen-bond donors (Lipinski definition) is 1. The molecule has 0 saturated heterocycles. The Labute approximate surface area is 107 Å². The van der Waals surface area contributed by atoms with E-state index in [4.69, 9.17) is 0 Å². The number of carbonyl (C=O) groups is 1. The van der Waals surface area contributed by atoms with E-state index in [-0.39, 0.29) is 11.2 Å². The SMILES string of the molecule is CC1(C)CC2=C(C1)C(C)(O)c1ccncc1C2=O. The van der Waals surface area contributed by atoms with Gasteiger partial charge in [0.25, 0.3) is 0 Å². The summed E-state index contributed by atoms with van der Waals surface area (Å²) in [5.41, 5.74) is 1.97. The molecule has 3 heteroatoms. The van der Waals surface area contributed by atoms with Crippen molar-refractivity contribution in [2.24, 2.45) is 5.41 Å². The monoisotopic (exact) mass is 243 g/mol. The Balaban J connectivity index is 2.23. The van der Waals surface area contributed by atoms with Gasteiger partial charge in [0.05, 0.1) is 0 Å². The fourth-order valence-corrected chi connectivity index (χ4v) is 3.24. The second kappa shape index (κ2) is 3.29. The maximum absolute atomic E-state index is 12.5. The van der Waals surface area contributed by atoms with Gasteiger partial charge in [0.2, 0.25) is 0 Å². The molecule has 3 nitrogen and oxygen atoms in total. The van der Waals surface area contributed by atoms with Gasteiger partial charge in [0.1, 0.15) is 5.60 Å². The van der Waals surface area contributed by atoms with Crippen molar-refractivity contribution in [3.8, 4) is 0 Å². The lowest BCUT2D eigenvalue weighted by Crippen LogP contribution is -2.32. The number of ketones is 1. The molecular formula is C15H17NO2. The zero-order valence-corrected chi connectivity index (χ0v) is 10.9. The first-order valence-corrected chi connectivity index (χ1v) is 6.27. The van der Waals surface area contributed by atoms with Crippen molar-refractivity contribution < 1.29 is 9.90 Å². The van der Waals surface area contributed by atoms with Crippen LogP contribution in [-0.4, -0.2) is 15.9 Å². The highest BCUT2D eigenvalue weighted by atomic mass is 16.3. The molecule has 2 aliphatic carbocycles. The summed E-state index contributed by atoms with van der Waals surface area (Å²) in [6, 6.07) is 1.75. The first kappa shape index (κ1) is 11.6. The maximum Gasteiger partial charge on any atom is 0.191 e. The molecule has 0 amide bonds. The Hall–Kier alpha value is -1.48. The highest BCUT2D eigenvalue weighted by molar-refractivity contribution is 6.12. The summed E-state index contributed by atoms with van der Waals surface area (Å²) >= 11 is 0. The highest BCUT2D eigenvalue weighted by Gasteiger charge is 2.47. The van der Waals surface area contributed by atoms with Crippen LogP contribution in [0.25, 0.3) is 0 Å². The number of fused-ring (bicyclic) bond motifs is 1. The number of hydrogen-bond acceptors (Lipinski definition) is 3. The summed E-state index contributed by atoms with van der Waals surface area (Å²) in [6.45, 7) is 6.06. The average molecular weight is 243 g/mol. The van der Waals surface area contributed by atoms with Gasteiger partial charge in [-0.1, -0.05) is 13.8 Å². The van der Waals surface area contributed by atoms with Crippen LogP contribution >= 0.6 is 0 Å². The van der Waals surface area contributed by atoms with E-state index in [0.717, 1.165) is 24.0 Å². The number of aliphatic hydroxyl groups is 1. The number of rotatable bonds is 0.